The summed E-state index contributed by atoms with van der Waals surface area (Å²) in [5.74, 6) is 0. The lowest BCUT2D eigenvalue weighted by molar-refractivity contribution is 0.271. The molecule has 1 N–H and O–H groups in total. The van der Waals surface area contributed by atoms with Gasteiger partial charge in [-0.1, -0.05) is 0 Å². The first-order valence-corrected chi connectivity index (χ1v) is 4.68. The maximum absolute atomic E-state index is 8.75. The number of hydrogen-bond donors (Lipinski definition) is 1. The standard InChI is InChI=1S/C8H8BrN3O/c9-7-3-6-4-11-12(1-2-13)8(6)10-5-7/h3-5,13H,1-2H2. The van der Waals surface area contributed by atoms with Gasteiger partial charge in [-0.2, -0.15) is 5.10 Å². The monoisotopic (exact) mass is 241 g/mol. The Hall–Kier alpha value is -0.940. The van der Waals surface area contributed by atoms with E-state index in [1.54, 1.807) is 17.1 Å². The minimum atomic E-state index is 0.0779. The summed E-state index contributed by atoms with van der Waals surface area (Å²) in [4.78, 5) is 4.20. The first-order chi connectivity index (χ1) is 6.31. The quantitative estimate of drug-likeness (QED) is 0.860. The number of aliphatic hydroxyl groups excluding tert-OH is 1. The van der Waals surface area contributed by atoms with Crippen molar-refractivity contribution in [3.63, 3.8) is 0 Å². The van der Waals surface area contributed by atoms with E-state index in [0.717, 1.165) is 15.5 Å². The molecule has 68 valence electrons. The molecule has 2 rings (SSSR count). The first-order valence-electron chi connectivity index (χ1n) is 3.89. The summed E-state index contributed by atoms with van der Waals surface area (Å²) in [6.07, 6.45) is 3.46. The molecule has 0 aromatic carbocycles. The molecule has 2 aromatic rings. The third kappa shape index (κ3) is 1.57. The maximum Gasteiger partial charge on any atom is 0.157 e. The SMILES string of the molecule is OCCn1ncc2cc(Br)cnc21. The highest BCUT2D eigenvalue weighted by Crippen LogP contribution is 2.16. The van der Waals surface area contributed by atoms with Crippen molar-refractivity contribution in [2.45, 2.75) is 6.54 Å². The van der Waals surface area contributed by atoms with Gasteiger partial charge in [0.1, 0.15) is 0 Å². The van der Waals surface area contributed by atoms with Crippen LogP contribution in [0.1, 0.15) is 0 Å². The van der Waals surface area contributed by atoms with E-state index in [0.29, 0.717) is 6.54 Å². The van der Waals surface area contributed by atoms with Crippen molar-refractivity contribution in [2.24, 2.45) is 0 Å². The average Bonchev–Trinajstić information content (AvgIpc) is 2.49. The average molecular weight is 242 g/mol. The summed E-state index contributed by atoms with van der Waals surface area (Å²) in [6, 6.07) is 1.95. The second-order valence-corrected chi connectivity index (χ2v) is 3.57. The van der Waals surface area contributed by atoms with Crippen LogP contribution in [0.4, 0.5) is 0 Å². The van der Waals surface area contributed by atoms with Crippen LogP contribution in [0.25, 0.3) is 11.0 Å². The molecule has 0 atom stereocenters. The second-order valence-electron chi connectivity index (χ2n) is 2.66. The summed E-state index contributed by atoms with van der Waals surface area (Å²) in [5, 5.41) is 13.8. The number of aliphatic hydroxyl groups is 1. The maximum atomic E-state index is 8.75. The summed E-state index contributed by atoms with van der Waals surface area (Å²) in [7, 11) is 0. The van der Waals surface area contributed by atoms with E-state index < -0.39 is 0 Å². The lowest BCUT2D eigenvalue weighted by Crippen LogP contribution is -2.04. The fraction of sp³-hybridized carbons (Fsp3) is 0.250. The highest BCUT2D eigenvalue weighted by molar-refractivity contribution is 9.10. The Balaban J connectivity index is 2.55. The third-order valence-electron chi connectivity index (χ3n) is 1.75. The molecule has 0 bridgehead atoms. The molecule has 0 aliphatic carbocycles. The molecule has 0 aliphatic rings. The highest BCUT2D eigenvalue weighted by Gasteiger charge is 2.02. The molecule has 13 heavy (non-hydrogen) atoms. The van der Waals surface area contributed by atoms with Crippen LogP contribution in [0.5, 0.6) is 0 Å². The Bertz CT molecular complexity index is 426. The molecule has 4 nitrogen and oxygen atoms in total. The van der Waals surface area contributed by atoms with E-state index in [1.165, 1.54) is 0 Å². The van der Waals surface area contributed by atoms with Gasteiger partial charge in [0.25, 0.3) is 0 Å². The zero-order valence-electron chi connectivity index (χ0n) is 6.81. The summed E-state index contributed by atoms with van der Waals surface area (Å²) < 4.78 is 2.62. The number of pyridine rings is 1. The van der Waals surface area contributed by atoms with E-state index in [-0.39, 0.29) is 6.61 Å². The molecule has 5 heteroatoms. The molecule has 0 fully saturated rings. The smallest absolute Gasteiger partial charge is 0.157 e. The van der Waals surface area contributed by atoms with E-state index in [1.807, 2.05) is 6.07 Å². The second kappa shape index (κ2) is 3.43. The molecule has 0 aliphatic heterocycles. The predicted octanol–water partition coefficient (Wildman–Crippen LogP) is 1.19. The lowest BCUT2D eigenvalue weighted by atomic mass is 10.4. The van der Waals surface area contributed by atoms with Gasteiger partial charge in [-0.25, -0.2) is 9.67 Å². The predicted molar refractivity (Wildman–Crippen MR) is 52.3 cm³/mol. The van der Waals surface area contributed by atoms with Gasteiger partial charge in [-0.15, -0.1) is 0 Å². The summed E-state index contributed by atoms with van der Waals surface area (Å²) in [5.41, 5.74) is 0.803. The molecule has 0 saturated heterocycles. The Labute approximate surface area is 83.3 Å². The third-order valence-corrected chi connectivity index (χ3v) is 2.19. The van der Waals surface area contributed by atoms with Gasteiger partial charge >= 0.3 is 0 Å². The van der Waals surface area contributed by atoms with Gasteiger partial charge in [0.05, 0.1) is 19.3 Å². The van der Waals surface area contributed by atoms with Gasteiger partial charge in [-0.05, 0) is 22.0 Å². The fourth-order valence-corrected chi connectivity index (χ4v) is 1.55. The molecule has 0 unspecified atom stereocenters. The number of halogens is 1. The van der Waals surface area contributed by atoms with Crippen LogP contribution in [0.3, 0.4) is 0 Å². The Morgan fingerprint density at radius 2 is 2.31 bits per heavy atom. The first kappa shape index (κ1) is 8.65. The van der Waals surface area contributed by atoms with Crippen molar-refractivity contribution in [1.82, 2.24) is 14.8 Å². The minimum Gasteiger partial charge on any atom is -0.394 e. The van der Waals surface area contributed by atoms with Crippen molar-refractivity contribution in [2.75, 3.05) is 6.61 Å². The minimum absolute atomic E-state index is 0.0779. The van der Waals surface area contributed by atoms with Gasteiger partial charge in [0.15, 0.2) is 5.65 Å². The number of fused-ring (bicyclic) bond motifs is 1. The van der Waals surface area contributed by atoms with E-state index in [9.17, 15) is 0 Å². The number of nitrogens with zero attached hydrogens (tertiary/aromatic N) is 3. The Morgan fingerprint density at radius 3 is 3.08 bits per heavy atom. The normalized spacial score (nSPS) is 10.9. The van der Waals surface area contributed by atoms with Crippen molar-refractivity contribution < 1.29 is 5.11 Å². The highest BCUT2D eigenvalue weighted by atomic mass is 79.9. The number of hydrogen-bond acceptors (Lipinski definition) is 3. The van der Waals surface area contributed by atoms with E-state index >= 15 is 0 Å². The van der Waals surface area contributed by atoms with Crippen LogP contribution in [0.2, 0.25) is 0 Å². The summed E-state index contributed by atoms with van der Waals surface area (Å²) >= 11 is 3.33. The van der Waals surface area contributed by atoms with Crippen molar-refractivity contribution in [3.05, 3.63) is 22.9 Å². The van der Waals surface area contributed by atoms with Crippen molar-refractivity contribution in [1.29, 1.82) is 0 Å². The van der Waals surface area contributed by atoms with Crippen LogP contribution >= 0.6 is 15.9 Å². The lowest BCUT2D eigenvalue weighted by Gasteiger charge is -1.98. The molecule has 0 saturated carbocycles. The Morgan fingerprint density at radius 1 is 1.46 bits per heavy atom. The van der Waals surface area contributed by atoms with E-state index in [4.69, 9.17) is 5.11 Å². The topological polar surface area (TPSA) is 50.9 Å². The van der Waals surface area contributed by atoms with Crippen LogP contribution in [-0.2, 0) is 6.54 Å². The van der Waals surface area contributed by atoms with Gasteiger partial charge < -0.3 is 5.11 Å². The molecule has 2 aromatic heterocycles. The van der Waals surface area contributed by atoms with Crippen LogP contribution in [0.15, 0.2) is 22.9 Å². The molecular weight excluding hydrogens is 234 g/mol. The summed E-state index contributed by atoms with van der Waals surface area (Å²) in [6.45, 7) is 0.562. The van der Waals surface area contributed by atoms with Gasteiger partial charge in [0, 0.05) is 16.1 Å². The zero-order valence-corrected chi connectivity index (χ0v) is 8.40. The largest absolute Gasteiger partial charge is 0.394 e. The zero-order chi connectivity index (χ0) is 9.26. The molecule has 0 amide bonds. The van der Waals surface area contributed by atoms with Crippen molar-refractivity contribution >= 4 is 27.0 Å². The van der Waals surface area contributed by atoms with E-state index in [2.05, 4.69) is 26.0 Å². The molecule has 0 radical (unpaired) electrons. The molecular formula is C8H8BrN3O. The van der Waals surface area contributed by atoms with Crippen LogP contribution < -0.4 is 0 Å². The van der Waals surface area contributed by atoms with Gasteiger partial charge in [0.2, 0.25) is 0 Å². The molecule has 2 heterocycles. The number of aromatic nitrogens is 3. The fourth-order valence-electron chi connectivity index (χ4n) is 1.20. The molecule has 0 spiro atoms. The van der Waals surface area contributed by atoms with Crippen LogP contribution in [0, 0.1) is 0 Å². The van der Waals surface area contributed by atoms with Gasteiger partial charge in [-0.3, -0.25) is 0 Å². The number of rotatable bonds is 2. The van der Waals surface area contributed by atoms with Crippen LogP contribution in [-0.4, -0.2) is 26.5 Å². The van der Waals surface area contributed by atoms with Crippen molar-refractivity contribution in [3.8, 4) is 0 Å². The Kier molecular flexibility index (Phi) is 2.28.